The quantitative estimate of drug-likeness (QED) is 0.904. The van der Waals surface area contributed by atoms with Crippen LogP contribution >= 0.6 is 0 Å². The zero-order valence-corrected chi connectivity index (χ0v) is 10.6. The normalized spacial score (nSPS) is 21.6. The molecule has 0 aromatic carbocycles. The number of anilines is 1. The molecule has 1 unspecified atom stereocenters. The number of carboxylic acid groups (broad SMARTS) is 1. The number of aromatic nitrogens is 3. The van der Waals surface area contributed by atoms with Crippen molar-refractivity contribution in [1.82, 2.24) is 14.4 Å². The molecule has 1 atom stereocenters. The standard InChI is InChI=1S/C12H12F2N4O2/c1-7-4-18(6-12(7,13)14)9-10-16-8(11(19)20)5-17(10)3-2-15-9/h2-3,5,7H,4,6H2,1H3,(H,19,20). The third-order valence-corrected chi connectivity index (χ3v) is 3.49. The molecule has 0 saturated carbocycles. The van der Waals surface area contributed by atoms with Crippen LogP contribution in [0.2, 0.25) is 0 Å². The first-order valence-corrected chi connectivity index (χ1v) is 6.08. The number of hydrogen-bond donors (Lipinski definition) is 1. The Balaban J connectivity index is 2.06. The molecule has 0 aliphatic carbocycles. The first-order valence-electron chi connectivity index (χ1n) is 6.08. The number of nitrogens with zero attached hydrogens (tertiary/aromatic N) is 4. The van der Waals surface area contributed by atoms with Crippen LogP contribution in [0, 0.1) is 5.92 Å². The van der Waals surface area contributed by atoms with Gasteiger partial charge in [-0.15, -0.1) is 0 Å². The molecule has 20 heavy (non-hydrogen) atoms. The Hall–Kier alpha value is -2.25. The molecule has 0 radical (unpaired) electrons. The summed E-state index contributed by atoms with van der Waals surface area (Å²) in [4.78, 5) is 20.4. The van der Waals surface area contributed by atoms with Crippen molar-refractivity contribution >= 4 is 17.4 Å². The van der Waals surface area contributed by atoms with E-state index in [-0.39, 0.29) is 23.7 Å². The van der Waals surface area contributed by atoms with Gasteiger partial charge in [0.05, 0.1) is 6.54 Å². The molecule has 2 aromatic rings. The van der Waals surface area contributed by atoms with Crippen molar-refractivity contribution in [3.63, 3.8) is 0 Å². The molecule has 6 nitrogen and oxygen atoms in total. The lowest BCUT2D eigenvalue weighted by molar-refractivity contribution is -0.0137. The zero-order chi connectivity index (χ0) is 14.5. The SMILES string of the molecule is CC1CN(c2nccn3cc(C(=O)O)nc23)CC1(F)F. The fraction of sp³-hybridized carbons (Fsp3) is 0.417. The molecule has 0 bridgehead atoms. The molecule has 0 amide bonds. The highest BCUT2D eigenvalue weighted by Gasteiger charge is 2.46. The summed E-state index contributed by atoms with van der Waals surface area (Å²) in [5.41, 5.74) is 0.132. The largest absolute Gasteiger partial charge is 0.476 e. The van der Waals surface area contributed by atoms with Gasteiger partial charge in [0.2, 0.25) is 0 Å². The third kappa shape index (κ3) is 1.87. The van der Waals surface area contributed by atoms with Crippen LogP contribution in [0.3, 0.4) is 0 Å². The number of carboxylic acids is 1. The molecule has 1 N–H and O–H groups in total. The number of rotatable bonds is 2. The van der Waals surface area contributed by atoms with E-state index in [0.29, 0.717) is 0 Å². The lowest BCUT2D eigenvalue weighted by Crippen LogP contribution is -2.27. The van der Waals surface area contributed by atoms with Gasteiger partial charge in [-0.25, -0.2) is 23.5 Å². The van der Waals surface area contributed by atoms with Crippen molar-refractivity contribution in [3.05, 3.63) is 24.3 Å². The van der Waals surface area contributed by atoms with Gasteiger partial charge in [-0.1, -0.05) is 6.92 Å². The summed E-state index contributed by atoms with van der Waals surface area (Å²) < 4.78 is 28.7. The van der Waals surface area contributed by atoms with Crippen molar-refractivity contribution in [2.75, 3.05) is 18.0 Å². The predicted octanol–water partition coefficient (Wildman–Crippen LogP) is 1.52. The van der Waals surface area contributed by atoms with Crippen molar-refractivity contribution in [2.45, 2.75) is 12.8 Å². The summed E-state index contributed by atoms with van der Waals surface area (Å²) in [6, 6.07) is 0. The van der Waals surface area contributed by atoms with E-state index in [4.69, 9.17) is 5.11 Å². The summed E-state index contributed by atoms with van der Waals surface area (Å²) in [5, 5.41) is 8.94. The molecule has 1 aliphatic rings. The Morgan fingerprint density at radius 3 is 2.90 bits per heavy atom. The number of carbonyl (C=O) groups is 1. The average molecular weight is 282 g/mol. The Morgan fingerprint density at radius 2 is 2.30 bits per heavy atom. The van der Waals surface area contributed by atoms with Crippen LogP contribution in [0.1, 0.15) is 17.4 Å². The molecule has 3 heterocycles. The van der Waals surface area contributed by atoms with E-state index in [0.717, 1.165) is 0 Å². The Kier molecular flexibility index (Phi) is 2.63. The highest BCUT2D eigenvalue weighted by atomic mass is 19.3. The predicted molar refractivity (Wildman–Crippen MR) is 66.3 cm³/mol. The minimum absolute atomic E-state index is 0.141. The average Bonchev–Trinajstić information content (AvgIpc) is 2.91. The van der Waals surface area contributed by atoms with E-state index in [1.165, 1.54) is 34.8 Å². The number of halogens is 2. The minimum atomic E-state index is -2.78. The van der Waals surface area contributed by atoms with Crippen LogP contribution in [0.4, 0.5) is 14.6 Å². The van der Waals surface area contributed by atoms with Gasteiger partial charge in [0.15, 0.2) is 17.2 Å². The topological polar surface area (TPSA) is 70.7 Å². The highest BCUT2D eigenvalue weighted by molar-refractivity contribution is 5.87. The van der Waals surface area contributed by atoms with E-state index in [2.05, 4.69) is 9.97 Å². The maximum atomic E-state index is 13.6. The second-order valence-corrected chi connectivity index (χ2v) is 4.96. The van der Waals surface area contributed by atoms with Crippen LogP contribution in [-0.2, 0) is 0 Å². The monoisotopic (exact) mass is 282 g/mol. The van der Waals surface area contributed by atoms with Gasteiger partial charge in [0, 0.05) is 31.1 Å². The van der Waals surface area contributed by atoms with Crippen LogP contribution in [0.5, 0.6) is 0 Å². The Labute approximate surface area is 112 Å². The van der Waals surface area contributed by atoms with E-state index < -0.39 is 24.4 Å². The first-order chi connectivity index (χ1) is 9.38. The van der Waals surface area contributed by atoms with Gasteiger partial charge < -0.3 is 14.4 Å². The summed E-state index contributed by atoms with van der Waals surface area (Å²) in [7, 11) is 0. The van der Waals surface area contributed by atoms with Crippen LogP contribution in [0.25, 0.3) is 5.65 Å². The maximum Gasteiger partial charge on any atom is 0.356 e. The molecule has 8 heteroatoms. The molecular formula is C12H12F2N4O2. The minimum Gasteiger partial charge on any atom is -0.476 e. The van der Waals surface area contributed by atoms with E-state index in [1.807, 2.05) is 0 Å². The fourth-order valence-corrected chi connectivity index (χ4v) is 2.33. The lowest BCUT2D eigenvalue weighted by atomic mass is 10.1. The van der Waals surface area contributed by atoms with Crippen molar-refractivity contribution < 1.29 is 18.7 Å². The molecular weight excluding hydrogens is 270 g/mol. The number of aromatic carboxylic acids is 1. The maximum absolute atomic E-state index is 13.6. The van der Waals surface area contributed by atoms with Crippen molar-refractivity contribution in [1.29, 1.82) is 0 Å². The number of imidazole rings is 1. The van der Waals surface area contributed by atoms with Gasteiger partial charge in [0.25, 0.3) is 5.92 Å². The molecule has 3 rings (SSSR count). The van der Waals surface area contributed by atoms with E-state index in [9.17, 15) is 13.6 Å². The molecule has 0 spiro atoms. The van der Waals surface area contributed by atoms with Crippen molar-refractivity contribution in [3.8, 4) is 0 Å². The van der Waals surface area contributed by atoms with E-state index >= 15 is 0 Å². The number of alkyl halides is 2. The second kappa shape index (κ2) is 4.12. The third-order valence-electron chi connectivity index (χ3n) is 3.49. The highest BCUT2D eigenvalue weighted by Crippen LogP contribution is 2.35. The van der Waals surface area contributed by atoms with Gasteiger partial charge in [-0.2, -0.15) is 0 Å². The summed E-state index contributed by atoms with van der Waals surface area (Å²) in [5.74, 6) is -4.45. The molecule has 106 valence electrons. The van der Waals surface area contributed by atoms with Gasteiger partial charge in [0.1, 0.15) is 0 Å². The number of hydrogen-bond acceptors (Lipinski definition) is 4. The van der Waals surface area contributed by atoms with Gasteiger partial charge >= 0.3 is 5.97 Å². The summed E-state index contributed by atoms with van der Waals surface area (Å²) in [6.07, 6.45) is 4.31. The van der Waals surface area contributed by atoms with E-state index in [1.54, 1.807) is 0 Å². The van der Waals surface area contributed by atoms with Crippen LogP contribution in [-0.4, -0.2) is 44.5 Å². The first kappa shape index (κ1) is 12.8. The van der Waals surface area contributed by atoms with Crippen molar-refractivity contribution in [2.24, 2.45) is 5.92 Å². The Morgan fingerprint density at radius 1 is 1.55 bits per heavy atom. The molecule has 2 aromatic heterocycles. The lowest BCUT2D eigenvalue weighted by Gasteiger charge is -2.17. The summed E-state index contributed by atoms with van der Waals surface area (Å²) in [6.45, 7) is 1.21. The van der Waals surface area contributed by atoms with Crippen LogP contribution in [0.15, 0.2) is 18.6 Å². The molecule has 1 saturated heterocycles. The smallest absolute Gasteiger partial charge is 0.356 e. The molecule has 1 aliphatic heterocycles. The fourth-order valence-electron chi connectivity index (χ4n) is 2.33. The summed E-state index contributed by atoms with van der Waals surface area (Å²) >= 11 is 0. The second-order valence-electron chi connectivity index (χ2n) is 4.96. The van der Waals surface area contributed by atoms with Crippen LogP contribution < -0.4 is 4.90 Å². The number of fused-ring (bicyclic) bond motifs is 1. The van der Waals surface area contributed by atoms with Gasteiger partial charge in [-0.3, -0.25) is 0 Å². The Bertz CT molecular complexity index is 685. The molecule has 1 fully saturated rings. The van der Waals surface area contributed by atoms with Gasteiger partial charge in [-0.05, 0) is 0 Å². The zero-order valence-electron chi connectivity index (χ0n) is 10.6.